The van der Waals surface area contributed by atoms with Crippen molar-refractivity contribution in [2.45, 2.75) is 30.6 Å². The van der Waals surface area contributed by atoms with E-state index in [2.05, 4.69) is 158 Å². The van der Waals surface area contributed by atoms with Gasteiger partial charge in [-0.3, -0.25) is 0 Å². The van der Waals surface area contributed by atoms with E-state index >= 15 is 0 Å². The van der Waals surface area contributed by atoms with Crippen molar-refractivity contribution in [3.05, 3.63) is 191 Å². The summed E-state index contributed by atoms with van der Waals surface area (Å²) in [4.78, 5) is 0. The minimum absolute atomic E-state index is 0.320. The Morgan fingerprint density at radius 3 is 2.00 bits per heavy atom. The summed E-state index contributed by atoms with van der Waals surface area (Å²) in [6.07, 6.45) is 19.3. The second-order valence-electron chi connectivity index (χ2n) is 13.5. The van der Waals surface area contributed by atoms with Gasteiger partial charge >= 0.3 is 0 Å². The fraction of sp³-hybridized carbons (Fsp3) is 0.130. The van der Waals surface area contributed by atoms with Crippen LogP contribution in [0, 0.1) is 5.92 Å². The Morgan fingerprint density at radius 2 is 1.24 bits per heavy atom. The highest BCUT2D eigenvalue weighted by molar-refractivity contribution is 6.16. The van der Waals surface area contributed by atoms with Crippen molar-refractivity contribution in [2.75, 3.05) is 0 Å². The predicted octanol–water partition coefficient (Wildman–Crippen LogP) is 12.1. The minimum Gasteiger partial charge on any atom is -0.0836 e. The molecule has 4 atom stereocenters. The van der Waals surface area contributed by atoms with Gasteiger partial charge in [-0.2, -0.15) is 0 Å². The molecule has 0 saturated carbocycles. The van der Waals surface area contributed by atoms with Crippen molar-refractivity contribution >= 4 is 32.3 Å². The summed E-state index contributed by atoms with van der Waals surface area (Å²) in [7, 11) is 0. The van der Waals surface area contributed by atoms with Crippen molar-refractivity contribution in [1.82, 2.24) is 0 Å². The normalized spacial score (nSPS) is 22.8. The Hall–Kier alpha value is -5.20. The molecule has 6 aromatic rings. The SMILES string of the molecule is C1=CC2=C(C3=CCC(c4c5ccccc5c(-c5ccc6ccccc6c5)c5ccccc45)C=C3)C=CC3c4ccccc4C(C1)C23. The fourth-order valence-corrected chi connectivity index (χ4v) is 9.23. The van der Waals surface area contributed by atoms with E-state index in [-0.39, 0.29) is 0 Å². The van der Waals surface area contributed by atoms with Gasteiger partial charge in [-0.15, -0.1) is 0 Å². The lowest BCUT2D eigenvalue weighted by molar-refractivity contribution is 0.482. The molecule has 0 heteroatoms. The van der Waals surface area contributed by atoms with E-state index in [4.69, 9.17) is 0 Å². The summed E-state index contributed by atoms with van der Waals surface area (Å²) in [6.45, 7) is 0. The number of allylic oxidation sites excluding steroid dienone is 10. The van der Waals surface area contributed by atoms with Crippen LogP contribution in [-0.4, -0.2) is 0 Å². The molecule has 0 aromatic heterocycles. The lowest BCUT2D eigenvalue weighted by Gasteiger charge is -2.33. The minimum atomic E-state index is 0.320. The number of benzene rings is 6. The Bertz CT molecular complexity index is 2330. The number of fused-ring (bicyclic) bond motifs is 6. The van der Waals surface area contributed by atoms with Crippen LogP contribution in [0.5, 0.6) is 0 Å². The number of rotatable bonds is 3. The maximum atomic E-state index is 2.51. The van der Waals surface area contributed by atoms with E-state index in [0.29, 0.717) is 23.7 Å². The van der Waals surface area contributed by atoms with Gasteiger partial charge in [0.05, 0.1) is 0 Å². The molecule has 4 unspecified atom stereocenters. The zero-order valence-corrected chi connectivity index (χ0v) is 25.7. The van der Waals surface area contributed by atoms with E-state index in [1.54, 1.807) is 5.56 Å². The zero-order chi connectivity index (χ0) is 30.2. The highest BCUT2D eigenvalue weighted by atomic mass is 14.5. The van der Waals surface area contributed by atoms with Crippen LogP contribution >= 0.6 is 0 Å². The molecule has 0 N–H and O–H groups in total. The first-order valence-corrected chi connectivity index (χ1v) is 16.8. The Labute approximate surface area is 270 Å². The molecule has 0 nitrogen and oxygen atoms in total. The molecule has 0 radical (unpaired) electrons. The monoisotopic (exact) mass is 586 g/mol. The van der Waals surface area contributed by atoms with E-state index < -0.39 is 0 Å². The Kier molecular flexibility index (Phi) is 5.75. The maximum Gasteiger partial charge on any atom is 0.00991 e. The van der Waals surface area contributed by atoms with Crippen molar-refractivity contribution in [1.29, 1.82) is 0 Å². The van der Waals surface area contributed by atoms with Gasteiger partial charge in [-0.1, -0.05) is 152 Å². The highest BCUT2D eigenvalue weighted by Crippen LogP contribution is 2.57. The molecule has 0 aliphatic heterocycles. The maximum absolute atomic E-state index is 2.51. The molecular formula is C46H34. The molecule has 0 bridgehead atoms. The second kappa shape index (κ2) is 10.2. The second-order valence-corrected chi connectivity index (χ2v) is 13.5. The summed E-state index contributed by atoms with van der Waals surface area (Å²) in [6, 6.07) is 42.9. The number of hydrogen-bond acceptors (Lipinski definition) is 0. The van der Waals surface area contributed by atoms with Gasteiger partial charge in [0, 0.05) is 17.8 Å². The van der Waals surface area contributed by atoms with Crippen LogP contribution in [0.2, 0.25) is 0 Å². The first-order valence-electron chi connectivity index (χ1n) is 16.8. The zero-order valence-electron chi connectivity index (χ0n) is 25.7. The van der Waals surface area contributed by atoms with Gasteiger partial charge in [-0.05, 0) is 102 Å². The van der Waals surface area contributed by atoms with Crippen LogP contribution in [0.25, 0.3) is 43.4 Å². The lowest BCUT2D eigenvalue weighted by Crippen LogP contribution is -2.20. The van der Waals surface area contributed by atoms with Gasteiger partial charge in [0.1, 0.15) is 0 Å². The standard InChI is InChI=1S/C46H34/c1-2-11-32-28-33(25-20-29(32)10-1)45-41-16-7-5-14-39(41)44(40-15-6-8-17-42(40)45)31-23-21-30(22-24-31)34-26-27-43-36-13-4-3-12-35(36)38-19-9-18-37(34)46(38)43/h1-18,20-23,25-28,31,38,43,46H,19,24H2. The molecule has 218 valence electrons. The first kappa shape index (κ1) is 26.1. The van der Waals surface area contributed by atoms with E-state index in [1.165, 1.54) is 71.3 Å². The summed E-state index contributed by atoms with van der Waals surface area (Å²) in [5.41, 5.74) is 11.5. The van der Waals surface area contributed by atoms with Gasteiger partial charge in [0.15, 0.2) is 0 Å². The van der Waals surface area contributed by atoms with Crippen LogP contribution in [-0.2, 0) is 0 Å². The van der Waals surface area contributed by atoms with E-state index in [0.717, 1.165) is 12.8 Å². The third kappa shape index (κ3) is 3.80. The molecular weight excluding hydrogens is 553 g/mol. The number of hydrogen-bond donors (Lipinski definition) is 0. The van der Waals surface area contributed by atoms with Gasteiger partial charge in [-0.25, -0.2) is 0 Å². The van der Waals surface area contributed by atoms with Crippen LogP contribution < -0.4 is 0 Å². The molecule has 0 fully saturated rings. The summed E-state index contributed by atoms with van der Waals surface area (Å²) in [5, 5.41) is 7.95. The molecule has 46 heavy (non-hydrogen) atoms. The van der Waals surface area contributed by atoms with Crippen molar-refractivity contribution in [3.63, 3.8) is 0 Å². The van der Waals surface area contributed by atoms with Crippen LogP contribution in [0.4, 0.5) is 0 Å². The molecule has 4 aliphatic rings. The van der Waals surface area contributed by atoms with Gasteiger partial charge in [0.2, 0.25) is 0 Å². The largest absolute Gasteiger partial charge is 0.0836 e. The van der Waals surface area contributed by atoms with Gasteiger partial charge in [0.25, 0.3) is 0 Å². The molecule has 0 amide bonds. The highest BCUT2D eigenvalue weighted by Gasteiger charge is 2.43. The van der Waals surface area contributed by atoms with E-state index in [1.807, 2.05) is 0 Å². The smallest absolute Gasteiger partial charge is 0.00991 e. The average Bonchev–Trinajstić information content (AvgIpc) is 3.45. The fourth-order valence-electron chi connectivity index (χ4n) is 9.23. The van der Waals surface area contributed by atoms with Crippen molar-refractivity contribution < 1.29 is 0 Å². The topological polar surface area (TPSA) is 0 Å². The third-order valence-corrected chi connectivity index (χ3v) is 11.2. The Morgan fingerprint density at radius 1 is 0.543 bits per heavy atom. The predicted molar refractivity (Wildman–Crippen MR) is 194 cm³/mol. The Balaban J connectivity index is 1.07. The van der Waals surface area contributed by atoms with Crippen LogP contribution in [0.15, 0.2) is 175 Å². The van der Waals surface area contributed by atoms with Gasteiger partial charge < -0.3 is 0 Å². The molecule has 0 heterocycles. The molecule has 6 aromatic carbocycles. The third-order valence-electron chi connectivity index (χ3n) is 11.2. The molecule has 10 rings (SSSR count). The first-order chi connectivity index (χ1) is 22.8. The van der Waals surface area contributed by atoms with Crippen LogP contribution in [0.3, 0.4) is 0 Å². The van der Waals surface area contributed by atoms with Crippen molar-refractivity contribution in [3.8, 4) is 11.1 Å². The molecule has 4 aliphatic carbocycles. The molecule has 0 saturated heterocycles. The molecule has 0 spiro atoms. The van der Waals surface area contributed by atoms with Crippen molar-refractivity contribution in [2.24, 2.45) is 5.92 Å². The van der Waals surface area contributed by atoms with E-state index in [9.17, 15) is 0 Å². The quantitative estimate of drug-likeness (QED) is 0.181. The lowest BCUT2D eigenvalue weighted by atomic mass is 9.70. The summed E-state index contributed by atoms with van der Waals surface area (Å²) < 4.78 is 0. The summed E-state index contributed by atoms with van der Waals surface area (Å²) in [5.74, 6) is 1.98. The average molecular weight is 587 g/mol. The summed E-state index contributed by atoms with van der Waals surface area (Å²) >= 11 is 0. The van der Waals surface area contributed by atoms with Crippen LogP contribution in [0.1, 0.15) is 47.3 Å².